The zero-order chi connectivity index (χ0) is 26.0. The number of nitrogens with zero attached hydrogens (tertiary/aromatic N) is 2. The number of amides is 2. The summed E-state index contributed by atoms with van der Waals surface area (Å²) < 4.78 is 12.8. The molecule has 2 atom stereocenters. The fourth-order valence-electron chi connectivity index (χ4n) is 4.99. The van der Waals surface area contributed by atoms with Crippen LogP contribution in [0.25, 0.3) is 10.9 Å². The molecule has 1 fully saturated rings. The summed E-state index contributed by atoms with van der Waals surface area (Å²) in [5.74, 6) is -2.35. The summed E-state index contributed by atoms with van der Waals surface area (Å²) in [7, 11) is 1.80. The van der Waals surface area contributed by atoms with Gasteiger partial charge >= 0.3 is 18.0 Å². The third-order valence-electron chi connectivity index (χ3n) is 7.06. The summed E-state index contributed by atoms with van der Waals surface area (Å²) in [5, 5.41) is 13.0. The molecule has 0 spiro atoms. The zero-order valence-electron chi connectivity index (χ0n) is 20.9. The van der Waals surface area contributed by atoms with Gasteiger partial charge in [-0.1, -0.05) is 32.4 Å². The summed E-state index contributed by atoms with van der Waals surface area (Å²) in [5.41, 5.74) is 2.17. The molecular weight excluding hydrogens is 466 g/mol. The number of carboxylic acid groups (broad SMARTS) is 1. The molecule has 10 nitrogen and oxygen atoms in total. The maximum absolute atomic E-state index is 13.1. The average Bonchev–Trinajstić information content (AvgIpc) is 3.40. The first-order valence-electron chi connectivity index (χ1n) is 12.3. The van der Waals surface area contributed by atoms with Crippen LogP contribution in [-0.4, -0.2) is 70.4 Å². The van der Waals surface area contributed by atoms with Crippen LogP contribution >= 0.6 is 0 Å². The second-order valence-corrected chi connectivity index (χ2v) is 10.4. The number of rotatable bonds is 1. The van der Waals surface area contributed by atoms with E-state index in [9.17, 15) is 24.3 Å². The third-order valence-corrected chi connectivity index (χ3v) is 7.06. The quantitative estimate of drug-likeness (QED) is 0.578. The molecule has 3 heterocycles. The van der Waals surface area contributed by atoms with Gasteiger partial charge in [0.05, 0.1) is 13.2 Å². The van der Waals surface area contributed by atoms with Crippen LogP contribution in [0.3, 0.4) is 0 Å². The van der Waals surface area contributed by atoms with Crippen molar-refractivity contribution in [2.75, 3.05) is 19.7 Å². The van der Waals surface area contributed by atoms with Gasteiger partial charge in [0, 0.05) is 24.4 Å². The minimum Gasteiger partial charge on any atom is -0.480 e. The van der Waals surface area contributed by atoms with Crippen molar-refractivity contribution in [2.45, 2.75) is 58.1 Å². The molecule has 0 unspecified atom stereocenters. The number of esters is 1. The normalized spacial score (nSPS) is 23.8. The first-order valence-corrected chi connectivity index (χ1v) is 12.3. The largest absolute Gasteiger partial charge is 0.480 e. The van der Waals surface area contributed by atoms with Crippen LogP contribution in [0.1, 0.15) is 55.6 Å². The average molecular weight is 500 g/mol. The van der Waals surface area contributed by atoms with Gasteiger partial charge in [-0.2, -0.15) is 0 Å². The molecule has 194 valence electrons. The third kappa shape index (κ3) is 5.47. The summed E-state index contributed by atoms with van der Waals surface area (Å²) in [4.78, 5) is 50.9. The Morgan fingerprint density at radius 2 is 1.97 bits per heavy atom. The predicted octanol–water partition coefficient (Wildman–Crippen LogP) is 2.87. The van der Waals surface area contributed by atoms with E-state index in [-0.39, 0.29) is 25.0 Å². The van der Waals surface area contributed by atoms with Crippen LogP contribution in [0, 0.1) is 5.41 Å². The highest BCUT2D eigenvalue weighted by Crippen LogP contribution is 2.28. The Labute approximate surface area is 209 Å². The Hall–Kier alpha value is -3.56. The standard InChI is InChI=1S/C26H33N3O7/c1-26(2)10-5-4-7-16-8-6-9-19-18(16)12-21(28(19)3)24(33)36-17-11-20(23(31)32)29(14-17)22(30)13-27-25(34)35-15-26/h6,8-9,12,17,20H,4-5,7,10-11,13-15H2,1-3H3,(H,27,34)(H,31,32)/t17-,20+/m1/s1. The molecular formula is C26H33N3O7. The van der Waals surface area contributed by atoms with Crippen LogP contribution in [0.4, 0.5) is 4.79 Å². The van der Waals surface area contributed by atoms with Crippen molar-refractivity contribution in [3.8, 4) is 0 Å². The minimum absolute atomic E-state index is 0.0271. The Bertz CT molecular complexity index is 1190. The number of aromatic nitrogens is 1. The lowest BCUT2D eigenvalue weighted by Gasteiger charge is -2.24. The van der Waals surface area contributed by atoms with Crippen molar-refractivity contribution in [3.05, 3.63) is 35.5 Å². The number of nitrogens with one attached hydrogen (secondary N) is 1. The van der Waals surface area contributed by atoms with E-state index in [1.54, 1.807) is 11.6 Å². The number of carbonyl (C=O) groups excluding carboxylic acids is 3. The van der Waals surface area contributed by atoms with Crippen molar-refractivity contribution in [1.82, 2.24) is 14.8 Å². The van der Waals surface area contributed by atoms with Gasteiger partial charge in [-0.15, -0.1) is 0 Å². The van der Waals surface area contributed by atoms with Crippen LogP contribution in [0.15, 0.2) is 24.3 Å². The Morgan fingerprint density at radius 3 is 2.72 bits per heavy atom. The highest BCUT2D eigenvalue weighted by Gasteiger charge is 2.41. The molecule has 2 aliphatic heterocycles. The van der Waals surface area contributed by atoms with Crippen molar-refractivity contribution >= 4 is 34.8 Å². The van der Waals surface area contributed by atoms with Gasteiger partial charge in [-0.3, -0.25) is 4.79 Å². The lowest BCUT2D eigenvalue weighted by atomic mass is 9.87. The van der Waals surface area contributed by atoms with Crippen LogP contribution in [-0.2, 0) is 32.5 Å². The first-order chi connectivity index (χ1) is 17.1. The number of alkyl carbamates (subject to hydrolysis) is 1. The fraction of sp³-hybridized carbons (Fsp3) is 0.538. The Morgan fingerprint density at radius 1 is 1.19 bits per heavy atom. The van der Waals surface area contributed by atoms with Crippen LogP contribution in [0.5, 0.6) is 0 Å². The number of carbonyl (C=O) groups is 4. The number of aryl methyl sites for hydroxylation is 2. The molecule has 4 bridgehead atoms. The number of cyclic esters (lactones) is 1. The van der Waals surface area contributed by atoms with Gasteiger partial charge in [-0.25, -0.2) is 14.4 Å². The number of carboxylic acids is 1. The molecule has 0 radical (unpaired) electrons. The molecule has 10 heteroatoms. The molecule has 0 saturated carbocycles. The van der Waals surface area contributed by atoms with Crippen molar-refractivity contribution in [1.29, 1.82) is 0 Å². The van der Waals surface area contributed by atoms with Crippen molar-refractivity contribution < 1.29 is 33.8 Å². The summed E-state index contributed by atoms with van der Waals surface area (Å²) in [6.07, 6.45) is 2.02. The molecule has 2 amide bonds. The van der Waals surface area contributed by atoms with Crippen molar-refractivity contribution in [3.63, 3.8) is 0 Å². The molecule has 1 aromatic carbocycles. The number of aliphatic carboxylic acids is 1. The Balaban J connectivity index is 1.62. The topological polar surface area (TPSA) is 127 Å². The van der Waals surface area contributed by atoms with Crippen LogP contribution < -0.4 is 5.32 Å². The molecule has 0 aliphatic carbocycles. The molecule has 4 rings (SSSR count). The molecule has 1 aromatic heterocycles. The van der Waals surface area contributed by atoms with Gasteiger partial charge in [0.15, 0.2) is 0 Å². The number of ether oxygens (including phenoxy) is 2. The fourth-order valence-corrected chi connectivity index (χ4v) is 4.99. The van der Waals surface area contributed by atoms with E-state index in [0.717, 1.165) is 47.0 Å². The molecule has 2 N–H and O–H groups in total. The number of hydrogen-bond donors (Lipinski definition) is 2. The second kappa shape index (κ2) is 10.2. The van der Waals surface area contributed by atoms with E-state index in [4.69, 9.17) is 9.47 Å². The summed E-state index contributed by atoms with van der Waals surface area (Å²) in [6, 6.07) is 6.65. The predicted molar refractivity (Wildman–Crippen MR) is 131 cm³/mol. The first kappa shape index (κ1) is 25.5. The molecule has 2 aromatic rings. The van der Waals surface area contributed by atoms with E-state index < -0.39 is 42.6 Å². The highest BCUT2D eigenvalue weighted by atomic mass is 16.6. The lowest BCUT2D eigenvalue weighted by Crippen LogP contribution is -2.46. The lowest BCUT2D eigenvalue weighted by molar-refractivity contribution is -0.147. The van der Waals surface area contributed by atoms with Gasteiger partial charge in [0.25, 0.3) is 0 Å². The summed E-state index contributed by atoms with van der Waals surface area (Å²) in [6.45, 7) is 3.77. The number of fused-ring (bicyclic) bond motifs is 3. The van der Waals surface area contributed by atoms with Gasteiger partial charge in [0.1, 0.15) is 24.4 Å². The minimum atomic E-state index is -1.20. The Kier molecular flexibility index (Phi) is 7.23. The van der Waals surface area contributed by atoms with Gasteiger partial charge in [0.2, 0.25) is 5.91 Å². The maximum atomic E-state index is 13.1. The smallest absolute Gasteiger partial charge is 0.407 e. The van der Waals surface area contributed by atoms with Gasteiger partial charge < -0.3 is 29.4 Å². The number of hydrogen-bond acceptors (Lipinski definition) is 6. The zero-order valence-corrected chi connectivity index (χ0v) is 20.9. The van der Waals surface area contributed by atoms with Crippen LogP contribution in [0.2, 0.25) is 0 Å². The monoisotopic (exact) mass is 499 g/mol. The van der Waals surface area contributed by atoms with Crippen molar-refractivity contribution in [2.24, 2.45) is 12.5 Å². The van der Waals surface area contributed by atoms with Gasteiger partial charge in [-0.05, 0) is 42.4 Å². The van der Waals surface area contributed by atoms with E-state index >= 15 is 0 Å². The highest BCUT2D eigenvalue weighted by molar-refractivity contribution is 5.97. The van der Waals surface area contributed by atoms with E-state index in [1.165, 1.54) is 0 Å². The molecule has 1 saturated heterocycles. The molecule has 2 aliphatic rings. The molecule has 36 heavy (non-hydrogen) atoms. The summed E-state index contributed by atoms with van der Waals surface area (Å²) >= 11 is 0. The van der Waals surface area contributed by atoms with E-state index in [1.807, 2.05) is 32.0 Å². The number of benzene rings is 1. The van der Waals surface area contributed by atoms with E-state index in [2.05, 4.69) is 11.4 Å². The SMILES string of the molecule is Cn1c2cc3c(cccc31)CCCCC(C)(C)COC(=O)NCC(=O)N1C[C@@H](C[C@H]1C(=O)O)OC2=O. The second-order valence-electron chi connectivity index (χ2n) is 10.4. The van der Waals surface area contributed by atoms with E-state index in [0.29, 0.717) is 5.69 Å². The maximum Gasteiger partial charge on any atom is 0.407 e.